The Morgan fingerprint density at radius 2 is 1.83 bits per heavy atom. The van der Waals surface area contributed by atoms with E-state index in [0.717, 1.165) is 31.6 Å². The maximum atomic E-state index is 12.0. The second-order valence-electron chi connectivity index (χ2n) is 4.78. The van der Waals surface area contributed by atoms with Crippen molar-refractivity contribution in [3.63, 3.8) is 0 Å². The summed E-state index contributed by atoms with van der Waals surface area (Å²) in [6.07, 6.45) is 3.65. The van der Waals surface area contributed by atoms with Crippen LogP contribution in [-0.4, -0.2) is 31.4 Å². The summed E-state index contributed by atoms with van der Waals surface area (Å²) in [7, 11) is 0. The van der Waals surface area contributed by atoms with Gasteiger partial charge in [0.2, 0.25) is 0 Å². The zero-order valence-electron chi connectivity index (χ0n) is 10.2. The maximum absolute atomic E-state index is 12.0. The lowest BCUT2D eigenvalue weighted by Crippen LogP contribution is -2.43. The Morgan fingerprint density at radius 1 is 1.11 bits per heavy atom. The third kappa shape index (κ3) is 2.04. The van der Waals surface area contributed by atoms with Gasteiger partial charge in [-0.1, -0.05) is 18.2 Å². The van der Waals surface area contributed by atoms with Crippen LogP contribution in [0.3, 0.4) is 0 Å². The molecule has 18 heavy (non-hydrogen) atoms. The van der Waals surface area contributed by atoms with Gasteiger partial charge in [-0.25, -0.2) is 10.3 Å². The summed E-state index contributed by atoms with van der Waals surface area (Å²) in [4.78, 5) is 18.0. The van der Waals surface area contributed by atoms with Gasteiger partial charge in [0, 0.05) is 18.8 Å². The largest absolute Gasteiger partial charge is 0.319 e. The number of anilines is 1. The molecule has 0 aliphatic carbocycles. The van der Waals surface area contributed by atoms with Gasteiger partial charge in [-0.3, -0.25) is 4.79 Å². The molecule has 4 nitrogen and oxygen atoms in total. The van der Waals surface area contributed by atoms with E-state index in [-0.39, 0.29) is 11.9 Å². The van der Waals surface area contributed by atoms with Crippen LogP contribution in [0, 0.1) is 5.92 Å². The predicted octanol–water partition coefficient (Wildman–Crippen LogP) is 1.44. The standard InChI is InChI=1S/C14H16N3O/c18-14-13(11-6-8-15-9-7-11)17(10-16-14)12-4-2-1-3-5-12/h1-5,10-11,13H,6-9H2. The second-order valence-corrected chi connectivity index (χ2v) is 4.78. The lowest BCUT2D eigenvalue weighted by atomic mass is 9.89. The van der Waals surface area contributed by atoms with Crippen molar-refractivity contribution < 1.29 is 4.79 Å². The highest BCUT2D eigenvalue weighted by molar-refractivity contribution is 6.04. The molecule has 0 bridgehead atoms. The highest BCUT2D eigenvalue weighted by Gasteiger charge is 2.37. The van der Waals surface area contributed by atoms with Gasteiger partial charge >= 0.3 is 0 Å². The van der Waals surface area contributed by atoms with Crippen LogP contribution in [0.2, 0.25) is 0 Å². The highest BCUT2D eigenvalue weighted by atomic mass is 16.2. The van der Waals surface area contributed by atoms with Crippen molar-refractivity contribution in [2.75, 3.05) is 18.0 Å². The summed E-state index contributed by atoms with van der Waals surface area (Å²) in [5.74, 6) is 0.364. The highest BCUT2D eigenvalue weighted by Crippen LogP contribution is 2.28. The second kappa shape index (κ2) is 4.90. The summed E-state index contributed by atoms with van der Waals surface area (Å²) in [5.41, 5.74) is 1.04. The van der Waals surface area contributed by atoms with E-state index >= 15 is 0 Å². The number of hydrogen-bond acceptors (Lipinski definition) is 2. The molecule has 1 atom stereocenters. The first kappa shape index (κ1) is 11.4. The Labute approximate surface area is 107 Å². The molecule has 0 spiro atoms. The molecule has 1 aromatic carbocycles. The number of carbonyl (C=O) groups excluding carboxylic acids is 1. The van der Waals surface area contributed by atoms with Gasteiger partial charge in [0.05, 0.1) is 6.34 Å². The van der Waals surface area contributed by atoms with E-state index in [9.17, 15) is 4.79 Å². The number of carbonyl (C=O) groups is 1. The lowest BCUT2D eigenvalue weighted by Gasteiger charge is -2.32. The molecule has 1 radical (unpaired) electrons. The number of benzene rings is 1. The number of aliphatic imine (C=N–C) groups is 1. The average Bonchev–Trinajstić information content (AvgIpc) is 2.83. The minimum absolute atomic E-state index is 0.00856. The number of hydrogen-bond donors (Lipinski definition) is 0. The average molecular weight is 242 g/mol. The summed E-state index contributed by atoms with van der Waals surface area (Å²) in [5, 5.41) is 4.35. The third-order valence-corrected chi connectivity index (χ3v) is 3.68. The number of para-hydroxylation sites is 1. The molecule has 4 heteroatoms. The lowest BCUT2D eigenvalue weighted by molar-refractivity contribution is -0.119. The topological polar surface area (TPSA) is 46.8 Å². The predicted molar refractivity (Wildman–Crippen MR) is 70.8 cm³/mol. The van der Waals surface area contributed by atoms with Gasteiger partial charge in [0.15, 0.2) is 0 Å². The zero-order valence-corrected chi connectivity index (χ0v) is 10.2. The fourth-order valence-electron chi connectivity index (χ4n) is 2.73. The first-order valence-electron chi connectivity index (χ1n) is 6.41. The molecule has 1 fully saturated rings. The number of nitrogens with zero attached hydrogens (tertiary/aromatic N) is 3. The molecule has 0 saturated carbocycles. The van der Waals surface area contributed by atoms with Gasteiger partial charge < -0.3 is 4.90 Å². The van der Waals surface area contributed by atoms with Crippen LogP contribution in [0.5, 0.6) is 0 Å². The van der Waals surface area contributed by atoms with Gasteiger partial charge in [0.25, 0.3) is 5.91 Å². The molecular weight excluding hydrogens is 226 g/mol. The summed E-state index contributed by atoms with van der Waals surface area (Å²) in [6.45, 7) is 1.74. The maximum Gasteiger partial charge on any atom is 0.270 e. The molecule has 2 aliphatic rings. The molecule has 2 heterocycles. The number of piperidine rings is 1. The van der Waals surface area contributed by atoms with Crippen LogP contribution >= 0.6 is 0 Å². The van der Waals surface area contributed by atoms with Crippen LogP contribution in [0.1, 0.15) is 12.8 Å². The van der Waals surface area contributed by atoms with Crippen molar-refractivity contribution in [1.82, 2.24) is 5.32 Å². The zero-order chi connectivity index (χ0) is 12.4. The Kier molecular flexibility index (Phi) is 3.11. The smallest absolute Gasteiger partial charge is 0.270 e. The molecule has 1 saturated heterocycles. The van der Waals surface area contributed by atoms with Crippen molar-refractivity contribution in [3.8, 4) is 0 Å². The monoisotopic (exact) mass is 242 g/mol. The van der Waals surface area contributed by atoms with Crippen LogP contribution in [0.15, 0.2) is 35.3 Å². The molecule has 0 aromatic heterocycles. The fourth-order valence-corrected chi connectivity index (χ4v) is 2.73. The number of amides is 1. The molecule has 1 unspecified atom stereocenters. The molecule has 3 rings (SSSR count). The fraction of sp³-hybridized carbons (Fsp3) is 0.429. The van der Waals surface area contributed by atoms with E-state index in [4.69, 9.17) is 0 Å². The van der Waals surface area contributed by atoms with Gasteiger partial charge in [-0.2, -0.15) is 0 Å². The molecular formula is C14H16N3O. The normalized spacial score (nSPS) is 24.8. The molecule has 0 N–H and O–H groups in total. The quantitative estimate of drug-likeness (QED) is 0.788. The van der Waals surface area contributed by atoms with E-state index in [1.807, 2.05) is 35.2 Å². The molecule has 1 aromatic rings. The first-order chi connectivity index (χ1) is 8.86. The van der Waals surface area contributed by atoms with E-state index in [2.05, 4.69) is 10.3 Å². The Hall–Kier alpha value is -1.68. The molecule has 1 amide bonds. The Balaban J connectivity index is 1.84. The van der Waals surface area contributed by atoms with Crippen molar-refractivity contribution >= 4 is 17.9 Å². The van der Waals surface area contributed by atoms with Crippen LogP contribution < -0.4 is 10.2 Å². The van der Waals surface area contributed by atoms with E-state index < -0.39 is 0 Å². The Bertz CT molecular complexity index is 451. The van der Waals surface area contributed by atoms with Crippen LogP contribution in [0.4, 0.5) is 5.69 Å². The molecule has 93 valence electrons. The van der Waals surface area contributed by atoms with Crippen molar-refractivity contribution in [3.05, 3.63) is 30.3 Å². The SMILES string of the molecule is O=C1N=CN(c2ccccc2)C1C1CC[N]CC1. The summed E-state index contributed by atoms with van der Waals surface area (Å²) < 4.78 is 0. The van der Waals surface area contributed by atoms with Gasteiger partial charge in [0.1, 0.15) is 6.04 Å². The van der Waals surface area contributed by atoms with Crippen molar-refractivity contribution in [2.45, 2.75) is 18.9 Å². The third-order valence-electron chi connectivity index (χ3n) is 3.68. The van der Waals surface area contributed by atoms with E-state index in [1.165, 1.54) is 0 Å². The van der Waals surface area contributed by atoms with Crippen LogP contribution in [0.25, 0.3) is 0 Å². The van der Waals surface area contributed by atoms with Crippen molar-refractivity contribution in [2.24, 2.45) is 10.9 Å². The minimum atomic E-state index is -0.122. The van der Waals surface area contributed by atoms with E-state index in [0.29, 0.717) is 5.92 Å². The Morgan fingerprint density at radius 3 is 2.56 bits per heavy atom. The van der Waals surface area contributed by atoms with Crippen LogP contribution in [-0.2, 0) is 4.79 Å². The van der Waals surface area contributed by atoms with E-state index in [1.54, 1.807) is 6.34 Å². The summed E-state index contributed by atoms with van der Waals surface area (Å²) >= 11 is 0. The van der Waals surface area contributed by atoms with Crippen molar-refractivity contribution in [1.29, 1.82) is 0 Å². The van der Waals surface area contributed by atoms with Gasteiger partial charge in [-0.15, -0.1) is 0 Å². The summed E-state index contributed by atoms with van der Waals surface area (Å²) in [6, 6.07) is 9.86. The minimum Gasteiger partial charge on any atom is -0.319 e. The number of rotatable bonds is 2. The van der Waals surface area contributed by atoms with Gasteiger partial charge in [-0.05, 0) is 30.9 Å². The first-order valence-corrected chi connectivity index (χ1v) is 6.41. The molecule has 2 aliphatic heterocycles.